The number of imidazole rings is 1. The number of anilines is 1. The van der Waals surface area contributed by atoms with Gasteiger partial charge in [-0.2, -0.15) is 0 Å². The zero-order chi connectivity index (χ0) is 16.2. The first-order chi connectivity index (χ1) is 11.3. The number of carbonyl (C=O) groups is 1. The molecule has 23 heavy (non-hydrogen) atoms. The molecule has 0 saturated heterocycles. The molecule has 0 aliphatic rings. The molecule has 3 rings (SSSR count). The Morgan fingerprint density at radius 3 is 2.83 bits per heavy atom. The van der Waals surface area contributed by atoms with Crippen LogP contribution >= 0.6 is 0 Å². The third-order valence-corrected chi connectivity index (χ3v) is 4.15. The molecule has 2 heterocycles. The third kappa shape index (κ3) is 2.91. The van der Waals surface area contributed by atoms with Crippen molar-refractivity contribution < 1.29 is 4.79 Å². The highest BCUT2D eigenvalue weighted by molar-refractivity contribution is 6.06. The number of para-hydroxylation sites is 1. The van der Waals surface area contributed by atoms with Gasteiger partial charge >= 0.3 is 0 Å². The molecule has 0 unspecified atom stereocenters. The van der Waals surface area contributed by atoms with E-state index in [4.69, 9.17) is 10.7 Å². The number of aromatic nitrogens is 3. The molecule has 1 aromatic carbocycles. The van der Waals surface area contributed by atoms with Crippen molar-refractivity contribution in [2.24, 2.45) is 0 Å². The summed E-state index contributed by atoms with van der Waals surface area (Å²) in [7, 11) is 0. The van der Waals surface area contributed by atoms with E-state index in [2.05, 4.69) is 22.5 Å². The van der Waals surface area contributed by atoms with Crippen LogP contribution < -0.4 is 5.73 Å². The topological polar surface area (TPSA) is 73.8 Å². The lowest BCUT2D eigenvalue weighted by atomic mass is 10.2. The van der Waals surface area contributed by atoms with E-state index < -0.39 is 0 Å². The standard InChI is InChI=1S/C18H22N4O/c1-2-3-10-15-21-16-17(22(15)11-6-7-12-23)13-8-4-5-9-14(13)20-18(16)19/h4-5,8-9,12H,2-3,6-7,10-11H2,1H3,(H2,19,20). The lowest BCUT2D eigenvalue weighted by molar-refractivity contribution is -0.107. The molecule has 0 fully saturated rings. The maximum Gasteiger partial charge on any atom is 0.152 e. The number of nitrogen functional groups attached to an aromatic ring is 1. The number of nitrogens with zero attached hydrogens (tertiary/aromatic N) is 3. The molecule has 3 aromatic rings. The summed E-state index contributed by atoms with van der Waals surface area (Å²) in [6.45, 7) is 2.95. The Morgan fingerprint density at radius 1 is 1.22 bits per heavy atom. The SMILES string of the molecule is CCCCc1nc2c(N)nc3ccccc3c2n1CCCC=O. The van der Waals surface area contributed by atoms with Gasteiger partial charge in [0, 0.05) is 24.8 Å². The summed E-state index contributed by atoms with van der Waals surface area (Å²) >= 11 is 0. The fourth-order valence-corrected chi connectivity index (χ4v) is 3.00. The van der Waals surface area contributed by atoms with E-state index in [9.17, 15) is 4.79 Å². The number of carbonyl (C=O) groups excluding carboxylic acids is 1. The highest BCUT2D eigenvalue weighted by Gasteiger charge is 2.16. The smallest absolute Gasteiger partial charge is 0.152 e. The zero-order valence-corrected chi connectivity index (χ0v) is 13.5. The van der Waals surface area contributed by atoms with Crippen LogP contribution in [0.1, 0.15) is 38.4 Å². The molecule has 0 saturated carbocycles. The van der Waals surface area contributed by atoms with Crippen LogP contribution in [-0.4, -0.2) is 20.8 Å². The third-order valence-electron chi connectivity index (χ3n) is 4.15. The van der Waals surface area contributed by atoms with E-state index in [-0.39, 0.29) is 0 Å². The van der Waals surface area contributed by atoms with Gasteiger partial charge < -0.3 is 15.1 Å². The van der Waals surface area contributed by atoms with Crippen molar-refractivity contribution in [2.45, 2.75) is 45.6 Å². The summed E-state index contributed by atoms with van der Waals surface area (Å²) in [6.07, 6.45) is 5.46. The van der Waals surface area contributed by atoms with E-state index in [1.807, 2.05) is 18.2 Å². The number of hydrogen-bond acceptors (Lipinski definition) is 4. The molecule has 0 bridgehead atoms. The fourth-order valence-electron chi connectivity index (χ4n) is 3.00. The van der Waals surface area contributed by atoms with Crippen LogP contribution in [0.25, 0.3) is 21.9 Å². The molecular weight excluding hydrogens is 288 g/mol. The van der Waals surface area contributed by atoms with Crippen molar-refractivity contribution >= 4 is 34.0 Å². The molecule has 5 nitrogen and oxygen atoms in total. The summed E-state index contributed by atoms with van der Waals surface area (Å²) < 4.78 is 2.23. The Kier molecular flexibility index (Phi) is 4.55. The van der Waals surface area contributed by atoms with Crippen LogP contribution in [0.5, 0.6) is 0 Å². The Hall–Kier alpha value is -2.43. The van der Waals surface area contributed by atoms with Crippen molar-refractivity contribution in [3.63, 3.8) is 0 Å². The first-order valence-electron chi connectivity index (χ1n) is 8.23. The summed E-state index contributed by atoms with van der Waals surface area (Å²) in [6, 6.07) is 8.01. The minimum atomic E-state index is 0.477. The second kappa shape index (κ2) is 6.77. The highest BCUT2D eigenvalue weighted by Crippen LogP contribution is 2.29. The number of pyridine rings is 1. The minimum Gasteiger partial charge on any atom is -0.382 e. The monoisotopic (exact) mass is 310 g/mol. The molecule has 2 aromatic heterocycles. The molecular formula is C18H22N4O. The van der Waals surface area contributed by atoms with Crippen LogP contribution in [0.3, 0.4) is 0 Å². The average molecular weight is 310 g/mol. The number of nitrogens with two attached hydrogens (primary N) is 1. The predicted molar refractivity (Wildman–Crippen MR) is 93.4 cm³/mol. The minimum absolute atomic E-state index is 0.477. The number of benzene rings is 1. The molecule has 0 atom stereocenters. The molecule has 120 valence electrons. The average Bonchev–Trinajstić information content (AvgIpc) is 2.93. The summed E-state index contributed by atoms with van der Waals surface area (Å²) in [4.78, 5) is 19.9. The normalized spacial score (nSPS) is 11.3. The Morgan fingerprint density at radius 2 is 2.04 bits per heavy atom. The molecule has 0 spiro atoms. The van der Waals surface area contributed by atoms with Gasteiger partial charge in [0.25, 0.3) is 0 Å². The van der Waals surface area contributed by atoms with E-state index in [0.29, 0.717) is 12.2 Å². The number of aldehydes is 1. The summed E-state index contributed by atoms with van der Waals surface area (Å²) in [5.74, 6) is 1.52. The maximum atomic E-state index is 10.7. The molecule has 0 radical (unpaired) electrons. The first-order valence-corrected chi connectivity index (χ1v) is 8.23. The second-order valence-electron chi connectivity index (χ2n) is 5.80. The van der Waals surface area contributed by atoms with Crippen LogP contribution in [0.4, 0.5) is 5.82 Å². The van der Waals surface area contributed by atoms with Crippen molar-refractivity contribution in [1.82, 2.24) is 14.5 Å². The number of aryl methyl sites for hydroxylation is 2. The second-order valence-corrected chi connectivity index (χ2v) is 5.80. The van der Waals surface area contributed by atoms with E-state index in [1.165, 1.54) is 0 Å². The van der Waals surface area contributed by atoms with Crippen LogP contribution in [-0.2, 0) is 17.8 Å². The Bertz CT molecular complexity index is 838. The van der Waals surface area contributed by atoms with Gasteiger partial charge in [0.15, 0.2) is 5.82 Å². The van der Waals surface area contributed by atoms with Crippen molar-refractivity contribution in [2.75, 3.05) is 5.73 Å². The van der Waals surface area contributed by atoms with Crippen molar-refractivity contribution in [3.05, 3.63) is 30.1 Å². The summed E-state index contributed by atoms with van der Waals surface area (Å²) in [5.41, 5.74) is 8.86. The molecule has 5 heteroatoms. The van der Waals surface area contributed by atoms with Crippen LogP contribution in [0.15, 0.2) is 24.3 Å². The van der Waals surface area contributed by atoms with Gasteiger partial charge in [-0.05, 0) is 18.9 Å². The van der Waals surface area contributed by atoms with E-state index in [0.717, 1.165) is 66.3 Å². The van der Waals surface area contributed by atoms with Gasteiger partial charge in [0.05, 0.1) is 11.0 Å². The van der Waals surface area contributed by atoms with Gasteiger partial charge in [-0.3, -0.25) is 0 Å². The van der Waals surface area contributed by atoms with E-state index >= 15 is 0 Å². The number of fused-ring (bicyclic) bond motifs is 3. The van der Waals surface area contributed by atoms with Crippen LogP contribution in [0, 0.1) is 0 Å². The van der Waals surface area contributed by atoms with Gasteiger partial charge in [-0.15, -0.1) is 0 Å². The van der Waals surface area contributed by atoms with Crippen LogP contribution in [0.2, 0.25) is 0 Å². The highest BCUT2D eigenvalue weighted by atomic mass is 16.1. The Balaban J connectivity index is 2.21. The molecule has 0 amide bonds. The predicted octanol–water partition coefficient (Wildman–Crippen LogP) is 3.49. The summed E-state index contributed by atoms with van der Waals surface area (Å²) in [5, 5.41) is 1.07. The van der Waals surface area contributed by atoms with E-state index in [1.54, 1.807) is 0 Å². The Labute approximate surface area is 135 Å². The van der Waals surface area contributed by atoms with Gasteiger partial charge in [0.1, 0.15) is 17.6 Å². The van der Waals surface area contributed by atoms with Crippen molar-refractivity contribution in [3.8, 4) is 0 Å². The number of unbranched alkanes of at least 4 members (excludes halogenated alkanes) is 2. The quantitative estimate of drug-likeness (QED) is 0.535. The number of rotatable bonds is 7. The van der Waals surface area contributed by atoms with Crippen molar-refractivity contribution in [1.29, 1.82) is 0 Å². The zero-order valence-electron chi connectivity index (χ0n) is 13.5. The first kappa shape index (κ1) is 15.5. The number of hydrogen-bond donors (Lipinski definition) is 1. The fraction of sp³-hybridized carbons (Fsp3) is 0.389. The molecule has 0 aliphatic heterocycles. The van der Waals surface area contributed by atoms with Gasteiger partial charge in [0.2, 0.25) is 0 Å². The largest absolute Gasteiger partial charge is 0.382 e. The molecule has 0 aliphatic carbocycles. The lowest BCUT2D eigenvalue weighted by Crippen LogP contribution is -2.05. The molecule has 2 N–H and O–H groups in total. The maximum absolute atomic E-state index is 10.7. The van der Waals surface area contributed by atoms with Gasteiger partial charge in [-0.1, -0.05) is 31.5 Å². The lowest BCUT2D eigenvalue weighted by Gasteiger charge is -2.10. The van der Waals surface area contributed by atoms with Gasteiger partial charge in [-0.25, -0.2) is 9.97 Å².